The number of nitrogens with zero attached hydrogens (tertiary/aromatic N) is 3. The Kier molecular flexibility index (Phi) is 2.78. The molecular weight excluding hydrogens is 226 g/mol. The van der Waals surface area contributed by atoms with Gasteiger partial charge < -0.3 is 9.30 Å². The van der Waals surface area contributed by atoms with Crippen LogP contribution in [0.3, 0.4) is 0 Å². The largest absolute Gasteiger partial charge is 0.337 e. The predicted octanol–water partition coefficient (Wildman–Crippen LogP) is 2.27. The molecule has 0 N–H and O–H groups in total. The number of hydrogen-bond donors (Lipinski definition) is 0. The summed E-state index contributed by atoms with van der Waals surface area (Å²) in [6, 6.07) is 3.98. The second kappa shape index (κ2) is 4.44. The Labute approximate surface area is 106 Å². The molecule has 4 heteroatoms. The summed E-state index contributed by atoms with van der Waals surface area (Å²) in [5.41, 5.74) is 2.53. The van der Waals surface area contributed by atoms with E-state index in [4.69, 9.17) is 0 Å². The lowest BCUT2D eigenvalue weighted by molar-refractivity contribution is 0.0719. The molecule has 3 rings (SSSR count). The molecule has 3 heterocycles. The third kappa shape index (κ3) is 1.88. The van der Waals surface area contributed by atoms with Crippen molar-refractivity contribution in [2.75, 3.05) is 13.1 Å². The fourth-order valence-electron chi connectivity index (χ4n) is 2.52. The van der Waals surface area contributed by atoms with E-state index in [9.17, 15) is 4.79 Å². The number of hydrogen-bond acceptors (Lipinski definition) is 2. The number of piperidine rings is 1. The molecule has 1 amide bonds. The summed E-state index contributed by atoms with van der Waals surface area (Å²) >= 11 is 0. The topological polar surface area (TPSA) is 37.6 Å². The minimum Gasteiger partial charge on any atom is -0.337 e. The van der Waals surface area contributed by atoms with Gasteiger partial charge in [0.15, 0.2) is 0 Å². The monoisotopic (exact) mass is 243 g/mol. The molecule has 1 fully saturated rings. The normalized spacial score (nSPS) is 16.2. The van der Waals surface area contributed by atoms with Crippen LogP contribution in [-0.2, 0) is 0 Å². The van der Waals surface area contributed by atoms with Crippen molar-refractivity contribution >= 4 is 11.6 Å². The lowest BCUT2D eigenvalue weighted by Gasteiger charge is -2.25. The molecule has 1 saturated heterocycles. The van der Waals surface area contributed by atoms with E-state index in [-0.39, 0.29) is 5.91 Å². The average Bonchev–Trinajstić information content (AvgIpc) is 2.84. The number of carbonyl (C=O) groups is 1. The molecule has 0 saturated carbocycles. The molecule has 0 aliphatic carbocycles. The first-order valence-electron chi connectivity index (χ1n) is 6.49. The summed E-state index contributed by atoms with van der Waals surface area (Å²) in [5, 5.41) is 0. The van der Waals surface area contributed by atoms with E-state index in [0.717, 1.165) is 37.1 Å². The number of imidazole rings is 1. The van der Waals surface area contributed by atoms with Crippen LogP contribution in [0, 0.1) is 6.92 Å². The van der Waals surface area contributed by atoms with Gasteiger partial charge in [0.1, 0.15) is 11.3 Å². The first-order valence-corrected chi connectivity index (χ1v) is 6.49. The number of fused-ring (bicyclic) bond motifs is 1. The quantitative estimate of drug-likeness (QED) is 0.770. The van der Waals surface area contributed by atoms with E-state index >= 15 is 0 Å². The zero-order chi connectivity index (χ0) is 12.5. The van der Waals surface area contributed by atoms with Gasteiger partial charge >= 0.3 is 0 Å². The molecular formula is C14H17N3O. The molecule has 0 aromatic carbocycles. The average molecular weight is 243 g/mol. The van der Waals surface area contributed by atoms with Gasteiger partial charge in [-0.25, -0.2) is 4.98 Å². The summed E-state index contributed by atoms with van der Waals surface area (Å²) in [7, 11) is 0. The maximum absolute atomic E-state index is 12.3. The first kappa shape index (κ1) is 11.3. The number of carbonyl (C=O) groups excluding carboxylic acids is 1. The molecule has 1 aliphatic heterocycles. The molecule has 0 radical (unpaired) electrons. The van der Waals surface area contributed by atoms with Gasteiger partial charge in [-0.2, -0.15) is 0 Å². The molecule has 94 valence electrons. The van der Waals surface area contributed by atoms with Crippen LogP contribution in [0.4, 0.5) is 0 Å². The van der Waals surface area contributed by atoms with Crippen LogP contribution in [0.5, 0.6) is 0 Å². The van der Waals surface area contributed by atoms with E-state index in [1.54, 1.807) is 0 Å². The van der Waals surface area contributed by atoms with Crippen LogP contribution < -0.4 is 0 Å². The van der Waals surface area contributed by atoms with Gasteiger partial charge in [-0.15, -0.1) is 0 Å². The van der Waals surface area contributed by atoms with Gasteiger partial charge in [0, 0.05) is 25.5 Å². The minimum atomic E-state index is 0.0674. The Balaban J connectivity index is 1.94. The second-order valence-corrected chi connectivity index (χ2v) is 4.90. The molecule has 0 unspecified atom stereocenters. The highest BCUT2D eigenvalue weighted by Gasteiger charge is 2.20. The van der Waals surface area contributed by atoms with Crippen LogP contribution in [0.2, 0.25) is 0 Å². The Hall–Kier alpha value is -1.84. The molecule has 1 aliphatic rings. The van der Waals surface area contributed by atoms with Gasteiger partial charge in [-0.3, -0.25) is 4.79 Å². The molecule has 0 spiro atoms. The molecule has 0 atom stereocenters. The van der Waals surface area contributed by atoms with Crippen LogP contribution in [0.1, 0.15) is 35.3 Å². The van der Waals surface area contributed by atoms with Gasteiger partial charge in [0.2, 0.25) is 0 Å². The fraction of sp³-hybridized carbons (Fsp3) is 0.429. The van der Waals surface area contributed by atoms with Crippen molar-refractivity contribution in [2.45, 2.75) is 26.2 Å². The zero-order valence-corrected chi connectivity index (χ0v) is 10.6. The standard InChI is InChI=1S/C14H17N3O/c1-11-6-5-9-17-10-12(15-13(11)17)14(18)16-7-3-2-4-8-16/h5-6,9-10H,2-4,7-8H2,1H3. The van der Waals surface area contributed by atoms with Crippen molar-refractivity contribution < 1.29 is 4.79 Å². The maximum atomic E-state index is 12.3. The molecule has 2 aromatic rings. The smallest absolute Gasteiger partial charge is 0.274 e. The highest BCUT2D eigenvalue weighted by Crippen LogP contribution is 2.15. The van der Waals surface area contributed by atoms with Crippen molar-refractivity contribution in [1.82, 2.24) is 14.3 Å². The SMILES string of the molecule is Cc1cccn2cc(C(=O)N3CCCCC3)nc12. The molecule has 0 bridgehead atoms. The number of amides is 1. The molecule has 4 nitrogen and oxygen atoms in total. The highest BCUT2D eigenvalue weighted by atomic mass is 16.2. The van der Waals surface area contributed by atoms with Gasteiger partial charge in [-0.1, -0.05) is 6.07 Å². The van der Waals surface area contributed by atoms with Crippen LogP contribution in [0.25, 0.3) is 5.65 Å². The zero-order valence-electron chi connectivity index (χ0n) is 10.6. The fourth-order valence-corrected chi connectivity index (χ4v) is 2.52. The van der Waals surface area contributed by atoms with Crippen molar-refractivity contribution in [3.63, 3.8) is 0 Å². The third-order valence-electron chi connectivity index (χ3n) is 3.54. The van der Waals surface area contributed by atoms with E-state index < -0.39 is 0 Å². The van der Waals surface area contributed by atoms with Gasteiger partial charge in [0.05, 0.1) is 0 Å². The molecule has 18 heavy (non-hydrogen) atoms. The first-order chi connectivity index (χ1) is 8.75. The van der Waals surface area contributed by atoms with E-state index in [2.05, 4.69) is 4.98 Å². The third-order valence-corrected chi connectivity index (χ3v) is 3.54. The summed E-state index contributed by atoms with van der Waals surface area (Å²) in [6.45, 7) is 3.74. The second-order valence-electron chi connectivity index (χ2n) is 4.90. The van der Waals surface area contributed by atoms with Crippen molar-refractivity contribution in [3.8, 4) is 0 Å². The Bertz CT molecular complexity index is 582. The lowest BCUT2D eigenvalue weighted by Crippen LogP contribution is -2.35. The van der Waals surface area contributed by atoms with Crippen LogP contribution >= 0.6 is 0 Å². The summed E-state index contributed by atoms with van der Waals surface area (Å²) < 4.78 is 1.92. The summed E-state index contributed by atoms with van der Waals surface area (Å²) in [4.78, 5) is 18.7. The predicted molar refractivity (Wildman–Crippen MR) is 69.7 cm³/mol. The Morgan fingerprint density at radius 3 is 2.78 bits per heavy atom. The van der Waals surface area contributed by atoms with Crippen LogP contribution in [-0.4, -0.2) is 33.3 Å². The van der Waals surface area contributed by atoms with Crippen molar-refractivity contribution in [2.24, 2.45) is 0 Å². The van der Waals surface area contributed by atoms with Gasteiger partial charge in [0.25, 0.3) is 5.91 Å². The van der Waals surface area contributed by atoms with E-state index in [0.29, 0.717) is 5.69 Å². The van der Waals surface area contributed by atoms with Crippen LogP contribution in [0.15, 0.2) is 24.5 Å². The number of rotatable bonds is 1. The minimum absolute atomic E-state index is 0.0674. The van der Waals surface area contributed by atoms with E-state index in [1.807, 2.05) is 40.8 Å². The Morgan fingerprint density at radius 2 is 2.06 bits per heavy atom. The number of pyridine rings is 1. The Morgan fingerprint density at radius 1 is 1.28 bits per heavy atom. The lowest BCUT2D eigenvalue weighted by atomic mass is 10.1. The van der Waals surface area contributed by atoms with Crippen molar-refractivity contribution in [3.05, 3.63) is 35.8 Å². The summed E-state index contributed by atoms with van der Waals surface area (Å²) in [5.74, 6) is 0.0674. The number of likely N-dealkylation sites (tertiary alicyclic amines) is 1. The summed E-state index contributed by atoms with van der Waals surface area (Å²) in [6.07, 6.45) is 7.21. The highest BCUT2D eigenvalue weighted by molar-refractivity contribution is 5.93. The number of aromatic nitrogens is 2. The van der Waals surface area contributed by atoms with Gasteiger partial charge in [-0.05, 0) is 37.8 Å². The number of aryl methyl sites for hydroxylation is 1. The van der Waals surface area contributed by atoms with Crippen molar-refractivity contribution in [1.29, 1.82) is 0 Å². The molecule has 2 aromatic heterocycles. The maximum Gasteiger partial charge on any atom is 0.274 e. The van der Waals surface area contributed by atoms with E-state index in [1.165, 1.54) is 6.42 Å².